The van der Waals surface area contributed by atoms with Gasteiger partial charge in [0.1, 0.15) is 5.69 Å². The Bertz CT molecular complexity index is 589. The van der Waals surface area contributed by atoms with Gasteiger partial charge in [-0.1, -0.05) is 19.6 Å². The van der Waals surface area contributed by atoms with Gasteiger partial charge in [-0.3, -0.25) is 9.89 Å². The zero-order valence-corrected chi connectivity index (χ0v) is 13.3. The first-order valence-electron chi connectivity index (χ1n) is 6.87. The molecule has 0 aliphatic heterocycles. The zero-order chi connectivity index (χ0) is 14.6. The maximum Gasteiger partial charge on any atom is 0.186 e. The third-order valence-electron chi connectivity index (χ3n) is 3.07. The summed E-state index contributed by atoms with van der Waals surface area (Å²) in [6, 6.07) is 4.78. The van der Waals surface area contributed by atoms with Crippen molar-refractivity contribution in [2.24, 2.45) is 0 Å². The maximum absolute atomic E-state index is 12.1. The molecule has 0 aromatic carbocycles. The molecule has 0 spiro atoms. The van der Waals surface area contributed by atoms with Gasteiger partial charge in [0.2, 0.25) is 0 Å². The Hall–Kier alpha value is -1.53. The van der Waals surface area contributed by atoms with Gasteiger partial charge in [-0.05, 0) is 18.2 Å². The van der Waals surface area contributed by atoms with Crippen molar-refractivity contribution in [3.8, 4) is 0 Å². The van der Waals surface area contributed by atoms with E-state index in [9.17, 15) is 4.79 Å². The van der Waals surface area contributed by atoms with E-state index in [1.807, 2.05) is 6.07 Å². The molecule has 108 valence electrons. The van der Waals surface area contributed by atoms with E-state index in [2.05, 4.69) is 34.8 Å². The first kappa shape index (κ1) is 14.9. The Labute approximate surface area is 119 Å². The quantitative estimate of drug-likeness (QED) is 0.484. The van der Waals surface area contributed by atoms with Crippen LogP contribution in [-0.4, -0.2) is 42.3 Å². The number of carbonyl (C=O) groups is 1. The number of carbonyl (C=O) groups excluding carboxylic acids is 1. The molecule has 0 fully saturated rings. The van der Waals surface area contributed by atoms with Crippen molar-refractivity contribution < 1.29 is 9.53 Å². The topological polar surface area (TPSA) is 67.9 Å². The summed E-state index contributed by atoms with van der Waals surface area (Å²) in [6.07, 6.45) is 2.04. The number of aromatic amines is 1. The Morgan fingerprint density at radius 2 is 2.15 bits per heavy atom. The highest BCUT2D eigenvalue weighted by atomic mass is 28.3. The van der Waals surface area contributed by atoms with Gasteiger partial charge >= 0.3 is 0 Å². The number of pyridine rings is 1. The fourth-order valence-electron chi connectivity index (χ4n) is 1.83. The van der Waals surface area contributed by atoms with Crippen LogP contribution in [0.4, 0.5) is 0 Å². The van der Waals surface area contributed by atoms with Crippen molar-refractivity contribution in [3.63, 3.8) is 0 Å². The van der Waals surface area contributed by atoms with Crippen LogP contribution in [0.2, 0.25) is 25.7 Å². The van der Waals surface area contributed by atoms with E-state index < -0.39 is 8.07 Å². The van der Waals surface area contributed by atoms with Crippen LogP contribution in [0, 0.1) is 0 Å². The third kappa shape index (κ3) is 3.98. The third-order valence-corrected chi connectivity index (χ3v) is 4.77. The summed E-state index contributed by atoms with van der Waals surface area (Å²) >= 11 is 0. The molecule has 20 heavy (non-hydrogen) atoms. The Morgan fingerprint density at radius 1 is 1.35 bits per heavy atom. The van der Waals surface area contributed by atoms with E-state index in [1.165, 1.54) is 0 Å². The average molecular weight is 291 g/mol. The number of fused-ring (bicyclic) bond motifs is 1. The lowest BCUT2D eigenvalue weighted by molar-refractivity contribution is 0.0892. The normalized spacial score (nSPS) is 11.9. The molecule has 0 aliphatic rings. The fourth-order valence-corrected chi connectivity index (χ4v) is 2.59. The number of aromatic nitrogens is 3. The van der Waals surface area contributed by atoms with Crippen LogP contribution in [0.5, 0.6) is 0 Å². The van der Waals surface area contributed by atoms with Gasteiger partial charge < -0.3 is 4.74 Å². The minimum absolute atomic E-state index is 0.00254. The number of ketones is 1. The lowest BCUT2D eigenvalue weighted by Gasteiger charge is -2.15. The molecular formula is C14H21N3O2Si. The summed E-state index contributed by atoms with van der Waals surface area (Å²) in [5, 5.41) is 7.60. The molecule has 0 aliphatic carbocycles. The molecule has 0 saturated carbocycles. The van der Waals surface area contributed by atoms with Crippen LogP contribution in [0.1, 0.15) is 16.9 Å². The zero-order valence-electron chi connectivity index (χ0n) is 12.3. The molecule has 2 heterocycles. The Balaban J connectivity index is 1.84. The van der Waals surface area contributed by atoms with Gasteiger partial charge in [0, 0.05) is 32.7 Å². The molecule has 2 aromatic heterocycles. The van der Waals surface area contributed by atoms with Crippen LogP contribution in [0.25, 0.3) is 11.0 Å². The van der Waals surface area contributed by atoms with Crippen LogP contribution in [0.15, 0.2) is 18.3 Å². The molecule has 0 amide bonds. The summed E-state index contributed by atoms with van der Waals surface area (Å²) in [6.45, 7) is 8.13. The second-order valence-corrected chi connectivity index (χ2v) is 11.7. The van der Waals surface area contributed by atoms with Crippen molar-refractivity contribution in [2.45, 2.75) is 32.1 Å². The van der Waals surface area contributed by atoms with Crippen LogP contribution < -0.4 is 0 Å². The van der Waals surface area contributed by atoms with E-state index >= 15 is 0 Å². The van der Waals surface area contributed by atoms with Gasteiger partial charge in [0.05, 0.1) is 6.61 Å². The van der Waals surface area contributed by atoms with Crippen molar-refractivity contribution >= 4 is 24.9 Å². The number of H-pyrrole nitrogens is 1. The van der Waals surface area contributed by atoms with Crippen molar-refractivity contribution in [2.75, 3.05) is 13.2 Å². The minimum Gasteiger partial charge on any atom is -0.381 e. The predicted molar refractivity (Wildman–Crippen MR) is 81.8 cm³/mol. The van der Waals surface area contributed by atoms with Gasteiger partial charge in [-0.2, -0.15) is 5.10 Å². The molecule has 5 nitrogen and oxygen atoms in total. The number of nitrogens with one attached hydrogen (secondary N) is 1. The number of Topliss-reactive ketones (excluding diaryl/α,β-unsaturated/α-hetero) is 1. The van der Waals surface area contributed by atoms with Crippen LogP contribution in [0.3, 0.4) is 0 Å². The van der Waals surface area contributed by atoms with Crippen molar-refractivity contribution in [3.05, 3.63) is 24.0 Å². The second-order valence-electron chi connectivity index (χ2n) is 6.07. The summed E-state index contributed by atoms with van der Waals surface area (Å²) in [7, 11) is -1.06. The molecule has 0 atom stereocenters. The number of hydrogen-bond donors (Lipinski definition) is 1. The van der Waals surface area contributed by atoms with Gasteiger partial charge in [0.15, 0.2) is 11.4 Å². The van der Waals surface area contributed by atoms with Gasteiger partial charge in [-0.25, -0.2) is 4.98 Å². The number of rotatable bonds is 7. The highest BCUT2D eigenvalue weighted by Crippen LogP contribution is 2.14. The minimum atomic E-state index is -1.06. The summed E-state index contributed by atoms with van der Waals surface area (Å²) in [4.78, 5) is 16.2. The van der Waals surface area contributed by atoms with E-state index in [0.29, 0.717) is 24.4 Å². The number of ether oxygens (including phenoxy) is 1. The van der Waals surface area contributed by atoms with Gasteiger partial charge in [0.25, 0.3) is 0 Å². The molecule has 0 radical (unpaired) electrons. The number of nitrogens with zero attached hydrogens (tertiary/aromatic N) is 2. The van der Waals surface area contributed by atoms with Crippen molar-refractivity contribution in [1.29, 1.82) is 0 Å². The lowest BCUT2D eigenvalue weighted by Crippen LogP contribution is -2.22. The standard InChI is InChI=1S/C14H21N3O2Si/c1-20(2,3)10-9-19-8-6-12(18)13-11-5-4-7-15-14(11)17-16-13/h4-5,7H,6,8-10H2,1-3H3,(H,15,16,17). The Kier molecular flexibility index (Phi) is 4.67. The second kappa shape index (κ2) is 6.28. The van der Waals surface area contributed by atoms with Crippen LogP contribution in [-0.2, 0) is 4.74 Å². The molecule has 0 bridgehead atoms. The van der Waals surface area contributed by atoms with E-state index in [1.54, 1.807) is 12.3 Å². The summed E-state index contributed by atoms with van der Waals surface area (Å²) < 4.78 is 5.55. The molecule has 0 unspecified atom stereocenters. The van der Waals surface area contributed by atoms with E-state index in [4.69, 9.17) is 4.74 Å². The summed E-state index contributed by atoms with van der Waals surface area (Å²) in [5.74, 6) is -0.00254. The highest BCUT2D eigenvalue weighted by Gasteiger charge is 2.15. The van der Waals surface area contributed by atoms with Crippen LogP contribution >= 0.6 is 0 Å². The van der Waals surface area contributed by atoms with E-state index in [0.717, 1.165) is 18.0 Å². The fraction of sp³-hybridized carbons (Fsp3) is 0.500. The molecule has 2 rings (SSSR count). The van der Waals surface area contributed by atoms with E-state index in [-0.39, 0.29) is 5.78 Å². The predicted octanol–water partition coefficient (Wildman–Crippen LogP) is 2.89. The van der Waals surface area contributed by atoms with Gasteiger partial charge in [-0.15, -0.1) is 0 Å². The molecular weight excluding hydrogens is 270 g/mol. The smallest absolute Gasteiger partial charge is 0.186 e. The monoisotopic (exact) mass is 291 g/mol. The molecule has 6 heteroatoms. The largest absolute Gasteiger partial charge is 0.381 e. The number of hydrogen-bond acceptors (Lipinski definition) is 4. The molecule has 0 saturated heterocycles. The highest BCUT2D eigenvalue weighted by molar-refractivity contribution is 6.76. The van der Waals surface area contributed by atoms with Crippen molar-refractivity contribution in [1.82, 2.24) is 15.2 Å². The first-order valence-corrected chi connectivity index (χ1v) is 10.6. The SMILES string of the molecule is C[Si](C)(C)CCOCCC(=O)c1n[nH]c2ncccc12. The summed E-state index contributed by atoms with van der Waals surface area (Å²) in [5.41, 5.74) is 1.11. The Morgan fingerprint density at radius 3 is 2.90 bits per heavy atom. The maximum atomic E-state index is 12.1. The first-order chi connectivity index (χ1) is 9.47. The average Bonchev–Trinajstić information content (AvgIpc) is 2.80. The lowest BCUT2D eigenvalue weighted by atomic mass is 10.1. The molecule has 1 N–H and O–H groups in total. The molecule has 2 aromatic rings.